The average Bonchev–Trinajstić information content (AvgIpc) is 3.07. The number of rotatable bonds is 4. The van der Waals surface area contributed by atoms with E-state index in [0.717, 1.165) is 43.2 Å². The Morgan fingerprint density at radius 3 is 2.83 bits per heavy atom. The van der Waals surface area contributed by atoms with Crippen LogP contribution in [0.15, 0.2) is 30.6 Å². The van der Waals surface area contributed by atoms with E-state index in [2.05, 4.69) is 21.9 Å². The molecular weight excluding hydrogens is 308 g/mol. The average molecular weight is 330 g/mol. The summed E-state index contributed by atoms with van der Waals surface area (Å²) >= 11 is 1.41. The standard InChI is InChI=1S/C17H22N4OS/c1-20-9-6-13(7-10-20)12-21(2)17(22)15-11-19-16(23-15)14-5-3-4-8-18-14/h3-5,8,11,13H,6-7,9-10,12H2,1-2H3. The van der Waals surface area contributed by atoms with Crippen molar-refractivity contribution in [3.05, 3.63) is 35.5 Å². The number of nitrogens with zero attached hydrogens (tertiary/aromatic N) is 4. The van der Waals surface area contributed by atoms with Gasteiger partial charge in [-0.25, -0.2) is 4.98 Å². The summed E-state index contributed by atoms with van der Waals surface area (Å²) in [5.74, 6) is 0.659. The molecular formula is C17H22N4OS. The van der Waals surface area contributed by atoms with Gasteiger partial charge < -0.3 is 9.80 Å². The molecule has 0 unspecified atom stereocenters. The Morgan fingerprint density at radius 1 is 1.35 bits per heavy atom. The molecule has 0 spiro atoms. The molecule has 0 atom stereocenters. The van der Waals surface area contributed by atoms with Gasteiger partial charge in [0.05, 0.1) is 11.9 Å². The van der Waals surface area contributed by atoms with Gasteiger partial charge >= 0.3 is 0 Å². The van der Waals surface area contributed by atoms with Crippen LogP contribution in [0.25, 0.3) is 10.7 Å². The van der Waals surface area contributed by atoms with Crippen LogP contribution in [0.3, 0.4) is 0 Å². The van der Waals surface area contributed by atoms with Crippen LogP contribution in [0.2, 0.25) is 0 Å². The molecule has 1 amide bonds. The third-order valence-corrected chi connectivity index (χ3v) is 5.33. The summed E-state index contributed by atoms with van der Waals surface area (Å²) in [5.41, 5.74) is 0.814. The summed E-state index contributed by atoms with van der Waals surface area (Å²) in [6.45, 7) is 3.07. The van der Waals surface area contributed by atoms with Gasteiger partial charge in [-0.3, -0.25) is 9.78 Å². The third-order valence-electron chi connectivity index (χ3n) is 4.32. The van der Waals surface area contributed by atoms with Gasteiger partial charge in [0.25, 0.3) is 5.91 Å². The SMILES string of the molecule is CN1CCC(CN(C)C(=O)c2cnc(-c3ccccn3)s2)CC1. The Hall–Kier alpha value is -1.79. The second-order valence-electron chi connectivity index (χ2n) is 6.18. The van der Waals surface area contributed by atoms with Crippen LogP contribution in [-0.4, -0.2) is 59.4 Å². The summed E-state index contributed by atoms with van der Waals surface area (Å²) in [7, 11) is 4.04. The Morgan fingerprint density at radius 2 is 2.13 bits per heavy atom. The van der Waals surface area contributed by atoms with E-state index in [-0.39, 0.29) is 5.91 Å². The van der Waals surface area contributed by atoms with Crippen LogP contribution >= 0.6 is 11.3 Å². The number of hydrogen-bond donors (Lipinski definition) is 0. The summed E-state index contributed by atoms with van der Waals surface area (Å²) in [6, 6.07) is 5.71. The van der Waals surface area contributed by atoms with Crippen molar-refractivity contribution in [3.8, 4) is 10.7 Å². The topological polar surface area (TPSA) is 49.3 Å². The fourth-order valence-electron chi connectivity index (χ4n) is 2.88. The molecule has 0 aromatic carbocycles. The molecule has 1 saturated heterocycles. The van der Waals surface area contributed by atoms with Gasteiger partial charge in [0.1, 0.15) is 9.88 Å². The smallest absolute Gasteiger partial charge is 0.265 e. The van der Waals surface area contributed by atoms with Crippen molar-refractivity contribution < 1.29 is 4.79 Å². The first-order valence-electron chi connectivity index (χ1n) is 7.94. The Balaban J connectivity index is 1.62. The quantitative estimate of drug-likeness (QED) is 0.865. The normalized spacial score (nSPS) is 16.4. The molecule has 1 aliphatic rings. The zero-order valence-electron chi connectivity index (χ0n) is 13.6. The first-order chi connectivity index (χ1) is 11.1. The predicted molar refractivity (Wildman–Crippen MR) is 92.5 cm³/mol. The van der Waals surface area contributed by atoms with Crippen molar-refractivity contribution in [2.45, 2.75) is 12.8 Å². The lowest BCUT2D eigenvalue weighted by Gasteiger charge is -2.31. The molecule has 0 aliphatic carbocycles. The maximum Gasteiger partial charge on any atom is 0.265 e. The molecule has 0 radical (unpaired) electrons. The number of aromatic nitrogens is 2. The van der Waals surface area contributed by atoms with Crippen LogP contribution in [0, 0.1) is 5.92 Å². The predicted octanol–water partition coefficient (Wildman–Crippen LogP) is 2.62. The number of likely N-dealkylation sites (tertiary alicyclic amines) is 1. The Kier molecular flexibility index (Phi) is 5.03. The lowest BCUT2D eigenvalue weighted by atomic mass is 9.97. The van der Waals surface area contributed by atoms with E-state index < -0.39 is 0 Å². The fraction of sp³-hybridized carbons (Fsp3) is 0.471. The highest BCUT2D eigenvalue weighted by Gasteiger charge is 2.22. The van der Waals surface area contributed by atoms with Crippen LogP contribution in [0.5, 0.6) is 0 Å². The van der Waals surface area contributed by atoms with Gasteiger partial charge in [-0.15, -0.1) is 11.3 Å². The molecule has 6 heteroatoms. The van der Waals surface area contributed by atoms with Crippen LogP contribution in [-0.2, 0) is 0 Å². The molecule has 1 aliphatic heterocycles. The Bertz CT molecular complexity index is 650. The van der Waals surface area contributed by atoms with E-state index in [1.54, 1.807) is 12.4 Å². The minimum atomic E-state index is 0.0589. The van der Waals surface area contributed by atoms with E-state index in [1.165, 1.54) is 11.3 Å². The fourth-order valence-corrected chi connectivity index (χ4v) is 3.77. The molecule has 3 rings (SSSR count). The number of pyridine rings is 1. The molecule has 23 heavy (non-hydrogen) atoms. The molecule has 3 heterocycles. The highest BCUT2D eigenvalue weighted by Crippen LogP contribution is 2.24. The molecule has 2 aromatic heterocycles. The van der Waals surface area contributed by atoms with Crippen molar-refractivity contribution in [2.24, 2.45) is 5.92 Å². The summed E-state index contributed by atoms with van der Waals surface area (Å²) < 4.78 is 0. The van der Waals surface area contributed by atoms with Gasteiger partial charge in [0.2, 0.25) is 0 Å². The molecule has 1 fully saturated rings. The maximum atomic E-state index is 12.6. The monoisotopic (exact) mass is 330 g/mol. The van der Waals surface area contributed by atoms with Gasteiger partial charge in [-0.05, 0) is 51.0 Å². The summed E-state index contributed by atoms with van der Waals surface area (Å²) in [6.07, 6.45) is 5.73. The molecule has 0 bridgehead atoms. The minimum Gasteiger partial charge on any atom is -0.341 e. The van der Waals surface area contributed by atoms with Crippen molar-refractivity contribution in [1.29, 1.82) is 0 Å². The lowest BCUT2D eigenvalue weighted by molar-refractivity contribution is 0.0751. The van der Waals surface area contributed by atoms with Crippen molar-refractivity contribution in [2.75, 3.05) is 33.7 Å². The molecule has 0 saturated carbocycles. The second kappa shape index (κ2) is 7.19. The maximum absolute atomic E-state index is 12.6. The number of hydrogen-bond acceptors (Lipinski definition) is 5. The second-order valence-corrected chi connectivity index (χ2v) is 7.21. The van der Waals surface area contributed by atoms with E-state index in [1.807, 2.05) is 30.1 Å². The zero-order chi connectivity index (χ0) is 16.2. The van der Waals surface area contributed by atoms with E-state index in [9.17, 15) is 4.79 Å². The number of carbonyl (C=O) groups excluding carboxylic acids is 1. The number of amides is 1. The third kappa shape index (κ3) is 3.95. The van der Waals surface area contributed by atoms with Crippen LogP contribution < -0.4 is 0 Å². The van der Waals surface area contributed by atoms with Crippen molar-refractivity contribution in [1.82, 2.24) is 19.8 Å². The largest absolute Gasteiger partial charge is 0.341 e. The van der Waals surface area contributed by atoms with E-state index in [4.69, 9.17) is 0 Å². The summed E-state index contributed by atoms with van der Waals surface area (Å²) in [5, 5.41) is 0.793. The molecule has 5 nitrogen and oxygen atoms in total. The van der Waals surface area contributed by atoms with Crippen LogP contribution in [0.4, 0.5) is 0 Å². The number of piperidine rings is 1. The molecule has 122 valence electrons. The molecule has 2 aromatic rings. The van der Waals surface area contributed by atoms with E-state index in [0.29, 0.717) is 10.8 Å². The van der Waals surface area contributed by atoms with Gasteiger partial charge in [-0.1, -0.05) is 6.07 Å². The van der Waals surface area contributed by atoms with Crippen LogP contribution in [0.1, 0.15) is 22.5 Å². The molecule has 0 N–H and O–H groups in total. The lowest BCUT2D eigenvalue weighted by Crippen LogP contribution is -2.37. The van der Waals surface area contributed by atoms with Crippen molar-refractivity contribution >= 4 is 17.2 Å². The highest BCUT2D eigenvalue weighted by atomic mass is 32.1. The zero-order valence-corrected chi connectivity index (χ0v) is 14.4. The Labute approximate surface area is 141 Å². The minimum absolute atomic E-state index is 0.0589. The first-order valence-corrected chi connectivity index (χ1v) is 8.76. The van der Waals surface area contributed by atoms with Gasteiger partial charge in [0.15, 0.2) is 0 Å². The first kappa shape index (κ1) is 16.1. The highest BCUT2D eigenvalue weighted by molar-refractivity contribution is 7.16. The van der Waals surface area contributed by atoms with Gasteiger partial charge in [0, 0.05) is 19.8 Å². The summed E-state index contributed by atoms with van der Waals surface area (Å²) in [4.78, 5) is 26.1. The number of thiazole rings is 1. The number of carbonyl (C=O) groups is 1. The van der Waals surface area contributed by atoms with Gasteiger partial charge in [-0.2, -0.15) is 0 Å². The van der Waals surface area contributed by atoms with Crippen molar-refractivity contribution in [3.63, 3.8) is 0 Å². The van der Waals surface area contributed by atoms with E-state index >= 15 is 0 Å².